The standard InChI is InChI=1S/C13H20ClN3O3/c1-13(2,3)19-12(18)17-7-9(8-17)11-15-10(20-16-11)5-4-6-14/h9H,4-8H2,1-3H3. The smallest absolute Gasteiger partial charge is 0.410 e. The molecule has 0 unspecified atom stereocenters. The minimum Gasteiger partial charge on any atom is -0.444 e. The third-order valence-electron chi connectivity index (χ3n) is 2.91. The number of carbonyl (C=O) groups excluding carboxylic acids is 1. The summed E-state index contributed by atoms with van der Waals surface area (Å²) in [7, 11) is 0. The topological polar surface area (TPSA) is 68.5 Å². The number of halogens is 1. The first-order valence-electron chi connectivity index (χ1n) is 6.75. The van der Waals surface area contributed by atoms with E-state index >= 15 is 0 Å². The molecule has 1 aliphatic heterocycles. The van der Waals surface area contributed by atoms with Gasteiger partial charge >= 0.3 is 6.09 Å². The molecule has 6 nitrogen and oxygen atoms in total. The van der Waals surface area contributed by atoms with E-state index < -0.39 is 5.60 Å². The van der Waals surface area contributed by atoms with Crippen molar-refractivity contribution in [1.29, 1.82) is 0 Å². The van der Waals surface area contributed by atoms with Crippen LogP contribution in [0.25, 0.3) is 0 Å². The predicted octanol–water partition coefficient (Wildman–Crippen LogP) is 2.58. The summed E-state index contributed by atoms with van der Waals surface area (Å²) in [4.78, 5) is 17.8. The maximum absolute atomic E-state index is 11.8. The van der Waals surface area contributed by atoms with Crippen LogP contribution in [-0.4, -0.2) is 45.7 Å². The number of ether oxygens (including phenoxy) is 1. The van der Waals surface area contributed by atoms with Gasteiger partial charge in [-0.3, -0.25) is 0 Å². The van der Waals surface area contributed by atoms with Crippen LogP contribution < -0.4 is 0 Å². The highest BCUT2D eigenvalue weighted by Crippen LogP contribution is 2.26. The Bertz CT molecular complexity index is 464. The normalized spacial score (nSPS) is 16.1. The molecule has 1 fully saturated rings. The van der Waals surface area contributed by atoms with E-state index in [2.05, 4.69) is 10.1 Å². The van der Waals surface area contributed by atoms with Gasteiger partial charge in [0.25, 0.3) is 0 Å². The lowest BCUT2D eigenvalue weighted by molar-refractivity contribution is 0.00734. The lowest BCUT2D eigenvalue weighted by atomic mass is 10.0. The van der Waals surface area contributed by atoms with E-state index in [1.165, 1.54) is 0 Å². The van der Waals surface area contributed by atoms with Crippen LogP contribution in [0, 0.1) is 0 Å². The van der Waals surface area contributed by atoms with Gasteiger partial charge in [0.2, 0.25) is 5.89 Å². The van der Waals surface area contributed by atoms with Crippen LogP contribution in [0.5, 0.6) is 0 Å². The second kappa shape index (κ2) is 5.99. The Balaban J connectivity index is 1.81. The van der Waals surface area contributed by atoms with Crippen LogP contribution in [0.1, 0.15) is 44.8 Å². The van der Waals surface area contributed by atoms with Gasteiger partial charge in [0.15, 0.2) is 5.82 Å². The van der Waals surface area contributed by atoms with Gasteiger partial charge in [0.1, 0.15) is 5.60 Å². The average Bonchev–Trinajstić information content (AvgIpc) is 2.70. The van der Waals surface area contributed by atoms with Gasteiger partial charge in [-0.2, -0.15) is 4.98 Å². The van der Waals surface area contributed by atoms with Gasteiger partial charge < -0.3 is 14.2 Å². The number of rotatable bonds is 4. The fourth-order valence-electron chi connectivity index (χ4n) is 1.87. The van der Waals surface area contributed by atoms with E-state index in [4.69, 9.17) is 20.9 Å². The first kappa shape index (κ1) is 15.1. The number of likely N-dealkylation sites (tertiary alicyclic amines) is 1. The fraction of sp³-hybridized carbons (Fsp3) is 0.769. The van der Waals surface area contributed by atoms with Crippen molar-refractivity contribution in [2.45, 2.75) is 45.1 Å². The molecule has 1 saturated heterocycles. The number of aryl methyl sites for hydroxylation is 1. The summed E-state index contributed by atoms with van der Waals surface area (Å²) in [5.74, 6) is 1.98. The van der Waals surface area contributed by atoms with E-state index in [1.807, 2.05) is 20.8 Å². The summed E-state index contributed by atoms with van der Waals surface area (Å²) < 4.78 is 10.4. The van der Waals surface area contributed by atoms with Gasteiger partial charge in [0.05, 0.1) is 5.92 Å². The Kier molecular flexibility index (Phi) is 4.52. The Morgan fingerprint density at radius 2 is 2.20 bits per heavy atom. The Labute approximate surface area is 123 Å². The van der Waals surface area contributed by atoms with Crippen molar-refractivity contribution in [2.75, 3.05) is 19.0 Å². The quantitative estimate of drug-likeness (QED) is 0.800. The molecule has 1 aliphatic rings. The molecule has 0 atom stereocenters. The molecular formula is C13H20ClN3O3. The zero-order chi connectivity index (χ0) is 14.8. The number of carbonyl (C=O) groups is 1. The van der Waals surface area contributed by atoms with Crippen molar-refractivity contribution >= 4 is 17.7 Å². The third-order valence-corrected chi connectivity index (χ3v) is 3.17. The molecule has 1 aromatic rings. The van der Waals surface area contributed by atoms with Gasteiger partial charge in [-0.15, -0.1) is 11.6 Å². The van der Waals surface area contributed by atoms with Crippen molar-refractivity contribution in [3.8, 4) is 0 Å². The Morgan fingerprint density at radius 3 is 2.80 bits per heavy atom. The van der Waals surface area contributed by atoms with Crippen LogP contribution in [0.15, 0.2) is 4.52 Å². The van der Waals surface area contributed by atoms with Crippen molar-refractivity contribution < 1.29 is 14.1 Å². The lowest BCUT2D eigenvalue weighted by Crippen LogP contribution is -2.50. The van der Waals surface area contributed by atoms with Crippen LogP contribution in [0.2, 0.25) is 0 Å². The second-order valence-electron chi connectivity index (χ2n) is 5.92. The van der Waals surface area contributed by atoms with Crippen LogP contribution in [-0.2, 0) is 11.2 Å². The van der Waals surface area contributed by atoms with Crippen LogP contribution >= 0.6 is 11.6 Å². The van der Waals surface area contributed by atoms with Crippen molar-refractivity contribution in [2.24, 2.45) is 0 Å². The molecule has 2 heterocycles. The fourth-order valence-corrected chi connectivity index (χ4v) is 2.00. The molecule has 0 radical (unpaired) electrons. The zero-order valence-corrected chi connectivity index (χ0v) is 12.8. The van der Waals surface area contributed by atoms with E-state index in [0.29, 0.717) is 37.1 Å². The Hall–Kier alpha value is -1.30. The first-order chi connectivity index (χ1) is 9.39. The molecule has 7 heteroatoms. The Morgan fingerprint density at radius 1 is 1.50 bits per heavy atom. The molecular weight excluding hydrogens is 282 g/mol. The minimum absolute atomic E-state index is 0.135. The molecule has 0 bridgehead atoms. The molecule has 0 aliphatic carbocycles. The number of amides is 1. The number of nitrogens with zero attached hydrogens (tertiary/aromatic N) is 3. The van der Waals surface area contributed by atoms with Crippen molar-refractivity contribution in [3.05, 3.63) is 11.7 Å². The zero-order valence-electron chi connectivity index (χ0n) is 12.1. The van der Waals surface area contributed by atoms with Crippen molar-refractivity contribution in [1.82, 2.24) is 15.0 Å². The first-order valence-corrected chi connectivity index (χ1v) is 7.29. The molecule has 0 spiro atoms. The van der Waals surface area contributed by atoms with E-state index in [0.717, 1.165) is 6.42 Å². The highest BCUT2D eigenvalue weighted by Gasteiger charge is 2.37. The number of aromatic nitrogens is 2. The largest absolute Gasteiger partial charge is 0.444 e. The summed E-state index contributed by atoms with van der Waals surface area (Å²) >= 11 is 5.62. The maximum atomic E-state index is 11.8. The van der Waals surface area contributed by atoms with Gasteiger partial charge in [-0.05, 0) is 27.2 Å². The molecule has 2 rings (SSSR count). The van der Waals surface area contributed by atoms with E-state index in [9.17, 15) is 4.79 Å². The van der Waals surface area contributed by atoms with Gasteiger partial charge in [-0.25, -0.2) is 4.79 Å². The SMILES string of the molecule is CC(C)(C)OC(=O)N1CC(c2noc(CCCCl)n2)C1. The number of hydrogen-bond acceptors (Lipinski definition) is 5. The summed E-state index contributed by atoms with van der Waals surface area (Å²) in [6.45, 7) is 6.70. The second-order valence-corrected chi connectivity index (χ2v) is 6.30. The summed E-state index contributed by atoms with van der Waals surface area (Å²) in [6.07, 6.45) is 1.22. The number of hydrogen-bond donors (Lipinski definition) is 0. The van der Waals surface area contributed by atoms with E-state index in [-0.39, 0.29) is 12.0 Å². The monoisotopic (exact) mass is 301 g/mol. The predicted molar refractivity (Wildman–Crippen MR) is 73.9 cm³/mol. The molecule has 112 valence electrons. The molecule has 1 aromatic heterocycles. The van der Waals surface area contributed by atoms with Crippen molar-refractivity contribution in [3.63, 3.8) is 0 Å². The summed E-state index contributed by atoms with van der Waals surface area (Å²) in [5, 5.41) is 3.95. The number of alkyl halides is 1. The lowest BCUT2D eigenvalue weighted by Gasteiger charge is -2.38. The maximum Gasteiger partial charge on any atom is 0.410 e. The molecule has 0 saturated carbocycles. The molecule has 20 heavy (non-hydrogen) atoms. The molecule has 0 aromatic carbocycles. The van der Waals surface area contributed by atoms with Crippen LogP contribution in [0.3, 0.4) is 0 Å². The average molecular weight is 302 g/mol. The van der Waals surface area contributed by atoms with Gasteiger partial charge in [0, 0.05) is 25.4 Å². The van der Waals surface area contributed by atoms with Gasteiger partial charge in [-0.1, -0.05) is 5.16 Å². The van der Waals surface area contributed by atoms with Crippen LogP contribution in [0.4, 0.5) is 4.79 Å². The molecule has 0 N–H and O–H groups in total. The van der Waals surface area contributed by atoms with E-state index in [1.54, 1.807) is 4.90 Å². The summed E-state index contributed by atoms with van der Waals surface area (Å²) in [5.41, 5.74) is -0.469. The highest BCUT2D eigenvalue weighted by atomic mass is 35.5. The minimum atomic E-state index is -0.469. The third kappa shape index (κ3) is 3.85. The summed E-state index contributed by atoms with van der Waals surface area (Å²) in [6, 6.07) is 0. The highest BCUT2D eigenvalue weighted by molar-refractivity contribution is 6.17. The molecule has 1 amide bonds.